The molecule has 124 valence electrons. The second-order valence-electron chi connectivity index (χ2n) is 6.27. The van der Waals surface area contributed by atoms with Gasteiger partial charge in [-0.25, -0.2) is 4.31 Å². The van der Waals surface area contributed by atoms with Crippen molar-refractivity contribution < 1.29 is 4.74 Å². The smallest absolute Gasteiger partial charge is 0.0783 e. The molecule has 1 saturated heterocycles. The van der Waals surface area contributed by atoms with Crippen LogP contribution in [0.15, 0.2) is 29.0 Å². The summed E-state index contributed by atoms with van der Waals surface area (Å²) in [5.74, 6) is 1.17. The van der Waals surface area contributed by atoms with E-state index in [2.05, 4.69) is 41.5 Å². The monoisotopic (exact) mass is 323 g/mol. The van der Waals surface area contributed by atoms with Crippen LogP contribution in [0.25, 0.3) is 0 Å². The molecule has 2 aliphatic rings. The Labute approximate surface area is 139 Å². The van der Waals surface area contributed by atoms with Gasteiger partial charge in [0.1, 0.15) is 0 Å². The third-order valence-electron chi connectivity index (χ3n) is 4.74. The SMILES string of the molecule is CN/C=C\N=C1CCN(SC2C(C)=CC(OC)C(C)C2C)C1. The molecule has 5 heteroatoms. The van der Waals surface area contributed by atoms with Crippen LogP contribution in [0.5, 0.6) is 0 Å². The molecule has 0 radical (unpaired) electrons. The molecule has 0 bridgehead atoms. The van der Waals surface area contributed by atoms with Crippen molar-refractivity contribution >= 4 is 17.7 Å². The lowest BCUT2D eigenvalue weighted by atomic mass is 9.80. The molecule has 4 unspecified atom stereocenters. The Morgan fingerprint density at radius 2 is 2.18 bits per heavy atom. The lowest BCUT2D eigenvalue weighted by Crippen LogP contribution is -2.37. The predicted molar refractivity (Wildman–Crippen MR) is 96.1 cm³/mol. The highest BCUT2D eigenvalue weighted by atomic mass is 32.2. The molecule has 22 heavy (non-hydrogen) atoms. The highest BCUT2D eigenvalue weighted by Crippen LogP contribution is 2.40. The Morgan fingerprint density at radius 1 is 1.41 bits per heavy atom. The molecule has 0 spiro atoms. The molecule has 1 heterocycles. The highest BCUT2D eigenvalue weighted by molar-refractivity contribution is 7.97. The van der Waals surface area contributed by atoms with E-state index >= 15 is 0 Å². The quantitative estimate of drug-likeness (QED) is 0.623. The van der Waals surface area contributed by atoms with Crippen LogP contribution < -0.4 is 5.32 Å². The van der Waals surface area contributed by atoms with Crippen LogP contribution in [-0.2, 0) is 4.74 Å². The topological polar surface area (TPSA) is 36.9 Å². The average Bonchev–Trinajstić information content (AvgIpc) is 2.95. The van der Waals surface area contributed by atoms with Crippen molar-refractivity contribution in [2.45, 2.75) is 38.5 Å². The second kappa shape index (κ2) is 8.18. The van der Waals surface area contributed by atoms with E-state index in [4.69, 9.17) is 4.74 Å². The van der Waals surface area contributed by atoms with E-state index in [-0.39, 0.29) is 6.10 Å². The summed E-state index contributed by atoms with van der Waals surface area (Å²) in [7, 11) is 3.70. The number of methoxy groups -OCH3 is 1. The largest absolute Gasteiger partial charge is 0.393 e. The van der Waals surface area contributed by atoms with Gasteiger partial charge in [-0.05, 0) is 18.8 Å². The van der Waals surface area contributed by atoms with Crippen molar-refractivity contribution in [1.82, 2.24) is 9.62 Å². The number of rotatable bonds is 5. The first-order valence-corrected chi connectivity index (χ1v) is 8.91. The Kier molecular flexibility index (Phi) is 6.53. The number of aliphatic imine (C=N–C) groups is 1. The molecular weight excluding hydrogens is 294 g/mol. The molecule has 1 fully saturated rings. The van der Waals surface area contributed by atoms with Gasteiger partial charge >= 0.3 is 0 Å². The molecule has 0 aromatic carbocycles. The van der Waals surface area contributed by atoms with Gasteiger partial charge in [0.15, 0.2) is 0 Å². The minimum absolute atomic E-state index is 0.259. The van der Waals surface area contributed by atoms with Gasteiger partial charge in [-0.1, -0.05) is 37.4 Å². The Hall–Kier alpha value is -0.780. The maximum atomic E-state index is 5.60. The summed E-state index contributed by atoms with van der Waals surface area (Å²) in [4.78, 5) is 4.52. The van der Waals surface area contributed by atoms with E-state index in [1.54, 1.807) is 0 Å². The van der Waals surface area contributed by atoms with Gasteiger partial charge in [0.25, 0.3) is 0 Å². The Bertz CT molecular complexity index is 461. The van der Waals surface area contributed by atoms with Crippen LogP contribution in [0.4, 0.5) is 0 Å². The maximum Gasteiger partial charge on any atom is 0.0783 e. The van der Waals surface area contributed by atoms with E-state index in [1.165, 1.54) is 11.3 Å². The van der Waals surface area contributed by atoms with Gasteiger partial charge in [0, 0.05) is 57.0 Å². The molecular formula is C17H29N3OS. The Morgan fingerprint density at radius 3 is 2.86 bits per heavy atom. The summed E-state index contributed by atoms with van der Waals surface area (Å²) in [6, 6.07) is 0. The van der Waals surface area contributed by atoms with Crippen LogP contribution in [-0.4, -0.2) is 48.6 Å². The van der Waals surface area contributed by atoms with E-state index in [0.29, 0.717) is 17.1 Å². The fraction of sp³-hybridized carbons (Fsp3) is 0.706. The number of ether oxygens (including phenoxy) is 1. The molecule has 0 amide bonds. The van der Waals surface area contributed by atoms with Gasteiger partial charge in [-0.3, -0.25) is 4.99 Å². The maximum absolute atomic E-state index is 5.60. The lowest BCUT2D eigenvalue weighted by molar-refractivity contribution is 0.0670. The molecule has 0 aromatic rings. The molecule has 4 atom stereocenters. The van der Waals surface area contributed by atoms with Crippen molar-refractivity contribution in [2.24, 2.45) is 16.8 Å². The molecule has 4 nitrogen and oxygen atoms in total. The van der Waals surface area contributed by atoms with Crippen molar-refractivity contribution in [2.75, 3.05) is 27.2 Å². The van der Waals surface area contributed by atoms with Gasteiger partial charge in [0.2, 0.25) is 0 Å². The van der Waals surface area contributed by atoms with Crippen LogP contribution in [0, 0.1) is 11.8 Å². The zero-order chi connectivity index (χ0) is 16.1. The van der Waals surface area contributed by atoms with E-state index in [9.17, 15) is 0 Å². The number of nitrogens with zero attached hydrogens (tertiary/aromatic N) is 2. The second-order valence-corrected chi connectivity index (χ2v) is 7.50. The first-order valence-electron chi connectivity index (χ1n) is 8.07. The fourth-order valence-electron chi connectivity index (χ4n) is 3.15. The van der Waals surface area contributed by atoms with Gasteiger partial charge < -0.3 is 10.1 Å². The third-order valence-corrected chi connectivity index (χ3v) is 6.38. The van der Waals surface area contributed by atoms with Crippen molar-refractivity contribution in [3.63, 3.8) is 0 Å². The summed E-state index contributed by atoms with van der Waals surface area (Å²) < 4.78 is 8.07. The van der Waals surface area contributed by atoms with Crippen molar-refractivity contribution in [3.8, 4) is 0 Å². The van der Waals surface area contributed by atoms with E-state index < -0.39 is 0 Å². The van der Waals surface area contributed by atoms with Crippen molar-refractivity contribution in [3.05, 3.63) is 24.0 Å². The highest BCUT2D eigenvalue weighted by Gasteiger charge is 2.35. The fourth-order valence-corrected chi connectivity index (χ4v) is 4.57. The normalized spacial score (nSPS) is 35.3. The zero-order valence-corrected chi connectivity index (χ0v) is 15.2. The molecule has 0 saturated carbocycles. The van der Waals surface area contributed by atoms with Gasteiger partial charge in [-0.15, -0.1) is 0 Å². The summed E-state index contributed by atoms with van der Waals surface area (Å²) in [5, 5.41) is 3.52. The van der Waals surface area contributed by atoms with Crippen LogP contribution in [0.2, 0.25) is 0 Å². The minimum atomic E-state index is 0.259. The minimum Gasteiger partial charge on any atom is -0.393 e. The molecule has 0 aromatic heterocycles. The first-order chi connectivity index (χ1) is 10.6. The molecule has 1 aliphatic carbocycles. The number of nitrogens with one attached hydrogen (secondary N) is 1. The third kappa shape index (κ3) is 4.15. The summed E-state index contributed by atoms with van der Waals surface area (Å²) in [5.41, 5.74) is 2.72. The molecule has 1 aliphatic heterocycles. The first kappa shape index (κ1) is 17.6. The molecule has 2 rings (SSSR count). The van der Waals surface area contributed by atoms with Crippen LogP contribution >= 0.6 is 11.9 Å². The van der Waals surface area contributed by atoms with E-state index in [1.807, 2.05) is 38.5 Å². The van der Waals surface area contributed by atoms with Crippen LogP contribution in [0.1, 0.15) is 27.2 Å². The standard InChI is InChI=1S/C17H29N3OS/c1-12-10-16(21-5)13(2)14(3)17(12)22-20-9-6-15(11-20)19-8-7-18-4/h7-8,10,13-14,16-18H,6,9,11H2,1-5H3/b8-7-,19-15?. The average molecular weight is 324 g/mol. The number of hydrogen-bond donors (Lipinski definition) is 1. The van der Waals surface area contributed by atoms with Gasteiger partial charge in [0.05, 0.1) is 6.10 Å². The summed E-state index contributed by atoms with van der Waals surface area (Å²) in [6.07, 6.45) is 7.35. The van der Waals surface area contributed by atoms with Crippen LogP contribution in [0.3, 0.4) is 0 Å². The van der Waals surface area contributed by atoms with Crippen molar-refractivity contribution in [1.29, 1.82) is 0 Å². The lowest BCUT2D eigenvalue weighted by Gasteiger charge is -2.38. The summed E-state index contributed by atoms with van der Waals surface area (Å²) >= 11 is 1.99. The molecule has 1 N–H and O–H groups in total. The predicted octanol–water partition coefficient (Wildman–Crippen LogP) is 3.09. The zero-order valence-electron chi connectivity index (χ0n) is 14.4. The number of hydrogen-bond acceptors (Lipinski definition) is 5. The Balaban J connectivity index is 1.96. The van der Waals surface area contributed by atoms with E-state index in [0.717, 1.165) is 19.5 Å². The summed E-state index contributed by atoms with van der Waals surface area (Å²) in [6.45, 7) is 8.96. The van der Waals surface area contributed by atoms with Gasteiger partial charge in [-0.2, -0.15) is 0 Å².